The molecule has 0 atom stereocenters. The van der Waals surface area contributed by atoms with E-state index in [1.165, 1.54) is 0 Å². The number of aliphatic hydroxyl groups excluding tert-OH is 1. The number of rotatable bonds is 2. The molecule has 0 aromatic carbocycles. The number of carbonyl (C=O) groups excluding carboxylic acids is 1. The highest BCUT2D eigenvalue weighted by Crippen LogP contribution is 2.50. The molecule has 0 radical (unpaired) electrons. The molecule has 1 rings (SSSR count). The van der Waals surface area contributed by atoms with Crippen LogP contribution in [-0.2, 0) is 4.74 Å². The van der Waals surface area contributed by atoms with Gasteiger partial charge in [-0.1, -0.05) is 0 Å². The Morgan fingerprint density at radius 1 is 1.32 bits per heavy atom. The molecule has 1 amide bonds. The number of hydrogen-bond acceptors (Lipinski definition) is 4. The zero-order chi connectivity index (χ0) is 15.1. The zero-order valence-electron chi connectivity index (χ0n) is 11.0. The Balaban J connectivity index is 2.65. The maximum absolute atomic E-state index is 12.5. The highest BCUT2D eigenvalue weighted by Gasteiger charge is 2.67. The molecule has 0 heterocycles. The smallest absolute Gasteiger partial charge is 0.417 e. The predicted molar refractivity (Wildman–Crippen MR) is 59.4 cm³/mol. The van der Waals surface area contributed by atoms with Crippen molar-refractivity contribution in [2.45, 2.75) is 56.5 Å². The van der Waals surface area contributed by atoms with Gasteiger partial charge in [0.05, 0.1) is 12.1 Å². The summed E-state index contributed by atoms with van der Waals surface area (Å²) < 4.78 is 42.4. The molecular formula is C11H18F3NO4. The number of ether oxygens (including phenoxy) is 1. The maximum Gasteiger partial charge on any atom is 0.417 e. The van der Waals surface area contributed by atoms with E-state index < -0.39 is 48.5 Å². The van der Waals surface area contributed by atoms with E-state index in [0.717, 1.165) is 0 Å². The van der Waals surface area contributed by atoms with Crippen LogP contribution in [0.3, 0.4) is 0 Å². The van der Waals surface area contributed by atoms with Crippen LogP contribution in [0.15, 0.2) is 0 Å². The van der Waals surface area contributed by atoms with E-state index in [9.17, 15) is 23.1 Å². The lowest BCUT2D eigenvalue weighted by Gasteiger charge is -2.52. The first-order valence-corrected chi connectivity index (χ1v) is 5.74. The van der Waals surface area contributed by atoms with Gasteiger partial charge in [0, 0.05) is 12.8 Å². The van der Waals surface area contributed by atoms with Crippen LogP contribution in [-0.4, -0.2) is 45.8 Å². The topological polar surface area (TPSA) is 78.8 Å². The third-order valence-corrected chi connectivity index (χ3v) is 2.86. The van der Waals surface area contributed by atoms with Crippen molar-refractivity contribution in [1.82, 2.24) is 5.32 Å². The number of alkyl carbamates (subject to hydrolysis) is 1. The number of nitrogens with one attached hydrogen (secondary N) is 1. The standard InChI is InChI=1S/C11H18F3NO4/c1-8(2,3)19-7(17)15-9(6-16)4-10(18,5-9)11(12,13)14/h16,18H,4-6H2,1-3H3,(H,15,17). The first-order valence-electron chi connectivity index (χ1n) is 5.74. The molecule has 19 heavy (non-hydrogen) atoms. The van der Waals surface area contributed by atoms with Gasteiger partial charge < -0.3 is 20.3 Å². The van der Waals surface area contributed by atoms with E-state index >= 15 is 0 Å². The Morgan fingerprint density at radius 2 is 1.79 bits per heavy atom. The van der Waals surface area contributed by atoms with Gasteiger partial charge in [0.1, 0.15) is 5.60 Å². The van der Waals surface area contributed by atoms with Gasteiger partial charge in [-0.3, -0.25) is 0 Å². The lowest BCUT2D eigenvalue weighted by Crippen LogP contribution is -2.72. The van der Waals surface area contributed by atoms with E-state index in [2.05, 4.69) is 5.32 Å². The second kappa shape index (κ2) is 4.52. The fourth-order valence-electron chi connectivity index (χ4n) is 2.03. The Morgan fingerprint density at radius 3 is 2.11 bits per heavy atom. The Labute approximate surface area is 108 Å². The van der Waals surface area contributed by atoms with Crippen LogP contribution < -0.4 is 5.32 Å². The largest absolute Gasteiger partial charge is 0.444 e. The Kier molecular flexibility index (Phi) is 3.81. The average Bonchev–Trinajstić information content (AvgIpc) is 2.09. The van der Waals surface area contributed by atoms with Crippen LogP contribution in [0.1, 0.15) is 33.6 Å². The summed E-state index contributed by atoms with van der Waals surface area (Å²) in [5.74, 6) is 0. The minimum Gasteiger partial charge on any atom is -0.444 e. The molecule has 0 unspecified atom stereocenters. The number of carbonyl (C=O) groups is 1. The Bertz CT molecular complexity index is 356. The summed E-state index contributed by atoms with van der Waals surface area (Å²) in [6.45, 7) is 4.10. The van der Waals surface area contributed by atoms with Gasteiger partial charge in [-0.25, -0.2) is 4.79 Å². The lowest BCUT2D eigenvalue weighted by atomic mass is 9.64. The summed E-state index contributed by atoms with van der Waals surface area (Å²) in [6, 6.07) is 0. The van der Waals surface area contributed by atoms with Crippen molar-refractivity contribution in [1.29, 1.82) is 0 Å². The van der Waals surface area contributed by atoms with Crippen LogP contribution in [0, 0.1) is 0 Å². The summed E-state index contributed by atoms with van der Waals surface area (Å²) in [4.78, 5) is 11.5. The van der Waals surface area contributed by atoms with Crippen molar-refractivity contribution in [3.05, 3.63) is 0 Å². The van der Waals surface area contributed by atoms with Gasteiger partial charge in [0.2, 0.25) is 0 Å². The molecule has 1 aliphatic carbocycles. The first kappa shape index (κ1) is 16.0. The zero-order valence-corrected chi connectivity index (χ0v) is 11.0. The fraction of sp³-hybridized carbons (Fsp3) is 0.909. The molecule has 0 spiro atoms. The number of alkyl halides is 3. The third-order valence-electron chi connectivity index (χ3n) is 2.86. The highest BCUT2D eigenvalue weighted by atomic mass is 19.4. The summed E-state index contributed by atoms with van der Waals surface area (Å²) in [5, 5.41) is 20.7. The molecule has 0 aromatic heterocycles. The molecule has 0 aromatic rings. The maximum atomic E-state index is 12.5. The lowest BCUT2D eigenvalue weighted by molar-refractivity contribution is -0.307. The van der Waals surface area contributed by atoms with Crippen molar-refractivity contribution in [3.63, 3.8) is 0 Å². The van der Waals surface area contributed by atoms with Crippen molar-refractivity contribution >= 4 is 6.09 Å². The second-order valence-electron chi connectivity index (χ2n) is 5.95. The van der Waals surface area contributed by atoms with Crippen molar-refractivity contribution in [2.24, 2.45) is 0 Å². The van der Waals surface area contributed by atoms with Crippen molar-refractivity contribution in [3.8, 4) is 0 Å². The van der Waals surface area contributed by atoms with Gasteiger partial charge in [-0.2, -0.15) is 13.2 Å². The molecule has 0 bridgehead atoms. The van der Waals surface area contributed by atoms with Gasteiger partial charge in [0.25, 0.3) is 0 Å². The van der Waals surface area contributed by atoms with E-state index in [1.54, 1.807) is 20.8 Å². The SMILES string of the molecule is CC(C)(C)OC(=O)NC1(CO)CC(O)(C(F)(F)F)C1. The second-order valence-corrected chi connectivity index (χ2v) is 5.95. The molecule has 1 fully saturated rings. The number of hydrogen-bond donors (Lipinski definition) is 3. The third kappa shape index (κ3) is 3.50. The van der Waals surface area contributed by atoms with Crippen molar-refractivity contribution < 1.29 is 32.9 Å². The molecule has 112 valence electrons. The van der Waals surface area contributed by atoms with E-state index in [4.69, 9.17) is 9.84 Å². The Hall–Kier alpha value is -1.02. The summed E-state index contributed by atoms with van der Waals surface area (Å²) in [6.07, 6.45) is -7.30. The van der Waals surface area contributed by atoms with E-state index in [1.807, 2.05) is 0 Å². The summed E-state index contributed by atoms with van der Waals surface area (Å²) >= 11 is 0. The van der Waals surface area contributed by atoms with Gasteiger partial charge in [-0.05, 0) is 20.8 Å². The van der Waals surface area contributed by atoms with Crippen LogP contribution >= 0.6 is 0 Å². The highest BCUT2D eigenvalue weighted by molar-refractivity contribution is 5.69. The quantitative estimate of drug-likeness (QED) is 0.715. The molecule has 5 nitrogen and oxygen atoms in total. The van der Waals surface area contributed by atoms with Crippen LogP contribution in [0.25, 0.3) is 0 Å². The molecule has 1 aliphatic rings. The van der Waals surface area contributed by atoms with Gasteiger partial charge in [-0.15, -0.1) is 0 Å². The molecule has 8 heteroatoms. The molecular weight excluding hydrogens is 267 g/mol. The molecule has 0 aliphatic heterocycles. The monoisotopic (exact) mass is 285 g/mol. The summed E-state index contributed by atoms with van der Waals surface area (Å²) in [5.41, 5.74) is -5.16. The minimum atomic E-state index is -4.79. The van der Waals surface area contributed by atoms with Gasteiger partial charge in [0.15, 0.2) is 5.60 Å². The molecule has 0 saturated heterocycles. The normalized spacial score (nSPS) is 31.6. The number of halogens is 3. The first-order chi connectivity index (χ1) is 8.33. The van der Waals surface area contributed by atoms with Gasteiger partial charge >= 0.3 is 12.3 Å². The van der Waals surface area contributed by atoms with Crippen LogP contribution in [0.4, 0.5) is 18.0 Å². The predicted octanol–water partition coefficient (Wildman–Crippen LogP) is 1.33. The summed E-state index contributed by atoms with van der Waals surface area (Å²) in [7, 11) is 0. The average molecular weight is 285 g/mol. The number of aliphatic hydroxyl groups is 2. The molecule has 1 saturated carbocycles. The fourth-order valence-corrected chi connectivity index (χ4v) is 2.03. The molecule has 3 N–H and O–H groups in total. The minimum absolute atomic E-state index is 0.704. The number of amides is 1. The van der Waals surface area contributed by atoms with Crippen molar-refractivity contribution in [2.75, 3.05) is 6.61 Å². The van der Waals surface area contributed by atoms with E-state index in [-0.39, 0.29) is 0 Å². The van der Waals surface area contributed by atoms with E-state index in [0.29, 0.717) is 0 Å². The van der Waals surface area contributed by atoms with Crippen LogP contribution in [0.5, 0.6) is 0 Å². The van der Waals surface area contributed by atoms with Crippen LogP contribution in [0.2, 0.25) is 0 Å².